The van der Waals surface area contributed by atoms with Crippen molar-refractivity contribution in [1.29, 1.82) is 0 Å². The highest BCUT2D eigenvalue weighted by Crippen LogP contribution is 2.21. The zero-order valence-corrected chi connectivity index (χ0v) is 14.6. The highest BCUT2D eigenvalue weighted by molar-refractivity contribution is 5.91. The van der Waals surface area contributed by atoms with Crippen molar-refractivity contribution in [2.75, 3.05) is 5.32 Å². The van der Waals surface area contributed by atoms with Crippen LogP contribution in [0.3, 0.4) is 0 Å². The summed E-state index contributed by atoms with van der Waals surface area (Å²) in [5.41, 5.74) is 3.76. The summed E-state index contributed by atoms with van der Waals surface area (Å²) in [6.45, 7) is 0.173. The number of nitrogens with one attached hydrogen (secondary N) is 1. The first-order chi connectivity index (χ1) is 13.3. The van der Waals surface area contributed by atoms with Crippen LogP contribution in [0.25, 0.3) is 22.6 Å². The Morgan fingerprint density at radius 2 is 1.56 bits per heavy atom. The summed E-state index contributed by atoms with van der Waals surface area (Å²) < 4.78 is 1.79. The van der Waals surface area contributed by atoms with E-state index in [1.54, 1.807) is 23.2 Å². The van der Waals surface area contributed by atoms with E-state index in [-0.39, 0.29) is 12.5 Å². The molecule has 0 radical (unpaired) electrons. The van der Waals surface area contributed by atoms with Gasteiger partial charge in [0.2, 0.25) is 5.91 Å². The molecule has 0 aliphatic carbocycles. The van der Waals surface area contributed by atoms with Gasteiger partial charge in [0.05, 0.1) is 0 Å². The molecule has 0 atom stereocenters. The Kier molecular flexibility index (Phi) is 4.74. The number of pyridine rings is 1. The largest absolute Gasteiger partial charge is 0.325 e. The van der Waals surface area contributed by atoms with Gasteiger partial charge >= 0.3 is 0 Å². The van der Waals surface area contributed by atoms with E-state index in [1.165, 1.54) is 0 Å². The zero-order valence-electron chi connectivity index (χ0n) is 14.6. The van der Waals surface area contributed by atoms with Crippen LogP contribution in [0.15, 0.2) is 91.4 Å². The first-order valence-corrected chi connectivity index (χ1v) is 8.67. The van der Waals surface area contributed by atoms with Crippen LogP contribution in [0.2, 0.25) is 0 Å². The van der Waals surface area contributed by atoms with Crippen molar-refractivity contribution >= 4 is 11.6 Å². The van der Waals surface area contributed by atoms with Crippen LogP contribution in [-0.4, -0.2) is 20.4 Å². The van der Waals surface area contributed by atoms with Crippen LogP contribution in [-0.2, 0) is 11.3 Å². The number of hydrogen-bond acceptors (Lipinski definition) is 3. The van der Waals surface area contributed by atoms with E-state index in [0.717, 1.165) is 22.5 Å². The maximum Gasteiger partial charge on any atom is 0.244 e. The lowest BCUT2D eigenvalue weighted by Crippen LogP contribution is -2.19. The molecule has 5 heteroatoms. The summed E-state index contributed by atoms with van der Waals surface area (Å²) in [5.74, 6) is 0.558. The van der Waals surface area contributed by atoms with Crippen molar-refractivity contribution in [3.05, 3.63) is 91.4 Å². The average Bonchev–Trinajstić information content (AvgIpc) is 3.18. The minimum atomic E-state index is -0.113. The summed E-state index contributed by atoms with van der Waals surface area (Å²) in [7, 11) is 0. The predicted octanol–water partition coefficient (Wildman–Crippen LogP) is 4.25. The fourth-order valence-electron chi connectivity index (χ4n) is 2.90. The van der Waals surface area contributed by atoms with Gasteiger partial charge in [-0.15, -0.1) is 0 Å². The van der Waals surface area contributed by atoms with Crippen LogP contribution >= 0.6 is 0 Å². The fraction of sp³-hybridized carbons (Fsp3) is 0.0455. The number of carbonyl (C=O) groups is 1. The molecule has 0 saturated carbocycles. The highest BCUT2D eigenvalue weighted by atomic mass is 16.1. The van der Waals surface area contributed by atoms with E-state index < -0.39 is 0 Å². The monoisotopic (exact) mass is 354 g/mol. The number of nitrogens with zero attached hydrogens (tertiary/aromatic N) is 3. The Balaban J connectivity index is 1.44. The van der Waals surface area contributed by atoms with E-state index >= 15 is 0 Å². The van der Waals surface area contributed by atoms with Gasteiger partial charge in [0.25, 0.3) is 0 Å². The molecule has 4 rings (SSSR count). The molecule has 2 aromatic heterocycles. The molecule has 0 bridgehead atoms. The van der Waals surface area contributed by atoms with Gasteiger partial charge < -0.3 is 9.88 Å². The SMILES string of the molecule is O=C(Cn1ccnc1-c1ccccn1)Nc1ccc(-c2ccccc2)cc1. The van der Waals surface area contributed by atoms with Crippen LogP contribution in [0.5, 0.6) is 0 Å². The molecule has 2 aromatic carbocycles. The van der Waals surface area contributed by atoms with Gasteiger partial charge in [-0.2, -0.15) is 0 Å². The third-order valence-electron chi connectivity index (χ3n) is 4.20. The summed E-state index contributed by atoms with van der Waals surface area (Å²) in [5, 5.41) is 2.93. The van der Waals surface area contributed by atoms with Crippen LogP contribution in [0, 0.1) is 0 Å². The Morgan fingerprint density at radius 1 is 0.815 bits per heavy atom. The van der Waals surface area contributed by atoms with E-state index in [2.05, 4.69) is 27.4 Å². The molecule has 2 heterocycles. The Morgan fingerprint density at radius 3 is 2.30 bits per heavy atom. The standard InChI is InChI=1S/C22H18N4O/c27-21(16-26-15-14-24-22(26)20-8-4-5-13-23-20)25-19-11-9-18(10-12-19)17-6-2-1-3-7-17/h1-15H,16H2,(H,25,27). The molecule has 0 aliphatic rings. The first kappa shape index (κ1) is 16.7. The van der Waals surface area contributed by atoms with Crippen molar-refractivity contribution in [3.8, 4) is 22.6 Å². The van der Waals surface area contributed by atoms with E-state index in [1.807, 2.05) is 60.7 Å². The minimum absolute atomic E-state index is 0.113. The number of imidazole rings is 1. The maximum atomic E-state index is 12.4. The third kappa shape index (κ3) is 3.93. The molecule has 132 valence electrons. The average molecular weight is 354 g/mol. The van der Waals surface area contributed by atoms with Gasteiger partial charge in [-0.1, -0.05) is 48.5 Å². The topological polar surface area (TPSA) is 59.8 Å². The maximum absolute atomic E-state index is 12.4. The lowest BCUT2D eigenvalue weighted by Gasteiger charge is -2.09. The van der Waals surface area contributed by atoms with Gasteiger partial charge in [0.15, 0.2) is 5.82 Å². The molecule has 4 aromatic rings. The third-order valence-corrected chi connectivity index (χ3v) is 4.20. The highest BCUT2D eigenvalue weighted by Gasteiger charge is 2.10. The van der Waals surface area contributed by atoms with Crippen molar-refractivity contribution in [2.24, 2.45) is 0 Å². The smallest absolute Gasteiger partial charge is 0.244 e. The minimum Gasteiger partial charge on any atom is -0.325 e. The van der Waals surface area contributed by atoms with Crippen molar-refractivity contribution in [2.45, 2.75) is 6.54 Å². The number of rotatable bonds is 5. The fourth-order valence-corrected chi connectivity index (χ4v) is 2.90. The lowest BCUT2D eigenvalue weighted by molar-refractivity contribution is -0.116. The molecule has 0 fully saturated rings. The number of amides is 1. The van der Waals surface area contributed by atoms with Gasteiger partial charge in [0.1, 0.15) is 12.2 Å². The van der Waals surface area contributed by atoms with E-state index in [0.29, 0.717) is 5.82 Å². The molecular weight excluding hydrogens is 336 g/mol. The Hall–Kier alpha value is -3.73. The second kappa shape index (κ2) is 7.66. The Bertz CT molecular complexity index is 1020. The number of benzene rings is 2. The van der Waals surface area contributed by atoms with Gasteiger partial charge in [-0.3, -0.25) is 9.78 Å². The van der Waals surface area contributed by atoms with Gasteiger partial charge in [-0.25, -0.2) is 4.98 Å². The van der Waals surface area contributed by atoms with Crippen LogP contribution in [0.4, 0.5) is 5.69 Å². The number of anilines is 1. The van der Waals surface area contributed by atoms with Gasteiger partial charge in [-0.05, 0) is 35.4 Å². The molecule has 0 unspecified atom stereocenters. The van der Waals surface area contributed by atoms with Crippen LogP contribution < -0.4 is 5.32 Å². The summed E-state index contributed by atoms with van der Waals surface area (Å²) >= 11 is 0. The lowest BCUT2D eigenvalue weighted by atomic mass is 10.1. The molecule has 0 saturated heterocycles. The second-order valence-electron chi connectivity index (χ2n) is 6.09. The van der Waals surface area contributed by atoms with Crippen molar-refractivity contribution in [3.63, 3.8) is 0 Å². The number of hydrogen-bond donors (Lipinski definition) is 1. The van der Waals surface area contributed by atoms with E-state index in [9.17, 15) is 4.79 Å². The zero-order chi connectivity index (χ0) is 18.5. The first-order valence-electron chi connectivity index (χ1n) is 8.67. The normalized spacial score (nSPS) is 10.5. The molecule has 27 heavy (non-hydrogen) atoms. The number of aromatic nitrogens is 3. The van der Waals surface area contributed by atoms with Crippen molar-refractivity contribution in [1.82, 2.24) is 14.5 Å². The molecule has 0 aliphatic heterocycles. The van der Waals surface area contributed by atoms with Gasteiger partial charge in [0, 0.05) is 24.3 Å². The Labute approximate surface area is 157 Å². The van der Waals surface area contributed by atoms with E-state index in [4.69, 9.17) is 0 Å². The quantitative estimate of drug-likeness (QED) is 0.583. The van der Waals surface area contributed by atoms with Crippen molar-refractivity contribution < 1.29 is 4.79 Å². The summed E-state index contributed by atoms with van der Waals surface area (Å²) in [4.78, 5) is 21.0. The second-order valence-corrected chi connectivity index (χ2v) is 6.09. The summed E-state index contributed by atoms with van der Waals surface area (Å²) in [6.07, 6.45) is 5.16. The summed E-state index contributed by atoms with van der Waals surface area (Å²) in [6, 6.07) is 23.6. The molecule has 5 nitrogen and oxygen atoms in total. The molecular formula is C22H18N4O. The molecule has 0 spiro atoms. The number of carbonyl (C=O) groups excluding carboxylic acids is 1. The molecule has 1 amide bonds. The van der Waals surface area contributed by atoms with Crippen LogP contribution in [0.1, 0.15) is 0 Å². The molecule has 1 N–H and O–H groups in total. The predicted molar refractivity (Wildman–Crippen MR) is 106 cm³/mol.